The molecule has 1 rings (SSSR count). The molecule has 11 heavy (non-hydrogen) atoms. The molecule has 1 aliphatic rings. The van der Waals surface area contributed by atoms with Gasteiger partial charge in [-0.2, -0.15) is 0 Å². The first kappa shape index (κ1) is 8.53. The van der Waals surface area contributed by atoms with Crippen LogP contribution in [0, 0.1) is 0 Å². The lowest BCUT2D eigenvalue weighted by molar-refractivity contribution is -0.128. The summed E-state index contributed by atoms with van der Waals surface area (Å²) < 4.78 is 0. The third-order valence-corrected chi connectivity index (χ3v) is 2.15. The molecular weight excluding hydrogens is 140 g/mol. The maximum absolute atomic E-state index is 11.0. The van der Waals surface area contributed by atoms with E-state index in [1.165, 1.54) is 0 Å². The first-order chi connectivity index (χ1) is 5.20. The molecule has 1 saturated heterocycles. The van der Waals surface area contributed by atoms with Crippen LogP contribution in [0.2, 0.25) is 0 Å². The van der Waals surface area contributed by atoms with Crippen LogP contribution in [0.25, 0.3) is 0 Å². The number of carbonyl (C=O) groups excluding carboxylic acids is 1. The lowest BCUT2D eigenvalue weighted by atomic mass is 10.2. The highest BCUT2D eigenvalue weighted by Crippen LogP contribution is 2.00. The van der Waals surface area contributed by atoms with Crippen LogP contribution in [0.3, 0.4) is 0 Å². The Balaban J connectivity index is 2.40. The largest absolute Gasteiger partial charge is 0.342 e. The van der Waals surface area contributed by atoms with Gasteiger partial charge in [0.25, 0.3) is 0 Å². The number of hydrogen-bond donors (Lipinski definition) is 1. The molecule has 1 atom stereocenters. The summed E-state index contributed by atoms with van der Waals surface area (Å²) in [4.78, 5) is 12.9. The molecule has 1 heterocycles. The zero-order valence-corrected chi connectivity index (χ0v) is 7.26. The van der Waals surface area contributed by atoms with Crippen LogP contribution in [0.15, 0.2) is 0 Å². The zero-order chi connectivity index (χ0) is 8.27. The molecule has 1 N–H and O–H groups in total. The smallest absolute Gasteiger partial charge is 0.219 e. The highest BCUT2D eigenvalue weighted by atomic mass is 16.2. The van der Waals surface area contributed by atoms with Crippen molar-refractivity contribution in [3.8, 4) is 0 Å². The molecule has 3 nitrogen and oxygen atoms in total. The SMILES string of the molecule is CC(=O)N1CCN[C@H](C)CC1. The molecule has 1 aliphatic heterocycles. The average Bonchev–Trinajstić information content (AvgIpc) is 2.13. The van der Waals surface area contributed by atoms with Gasteiger partial charge in [-0.15, -0.1) is 0 Å². The van der Waals surface area contributed by atoms with Crippen LogP contribution < -0.4 is 5.32 Å². The van der Waals surface area contributed by atoms with Crippen molar-refractivity contribution in [3.63, 3.8) is 0 Å². The minimum Gasteiger partial charge on any atom is -0.342 e. The Labute approximate surface area is 67.8 Å². The van der Waals surface area contributed by atoms with E-state index in [1.807, 2.05) is 4.90 Å². The monoisotopic (exact) mass is 156 g/mol. The van der Waals surface area contributed by atoms with E-state index < -0.39 is 0 Å². The lowest BCUT2D eigenvalue weighted by Crippen LogP contribution is -2.32. The summed E-state index contributed by atoms with van der Waals surface area (Å²) in [6.07, 6.45) is 1.07. The van der Waals surface area contributed by atoms with Gasteiger partial charge in [0.15, 0.2) is 0 Å². The zero-order valence-electron chi connectivity index (χ0n) is 7.26. The fraction of sp³-hybridized carbons (Fsp3) is 0.875. The van der Waals surface area contributed by atoms with E-state index >= 15 is 0 Å². The minimum absolute atomic E-state index is 0.195. The normalized spacial score (nSPS) is 26.4. The number of nitrogens with zero attached hydrogens (tertiary/aromatic N) is 1. The highest BCUT2D eigenvalue weighted by Gasteiger charge is 2.13. The molecule has 0 radical (unpaired) electrons. The molecule has 0 spiro atoms. The molecule has 3 heteroatoms. The van der Waals surface area contributed by atoms with Crippen molar-refractivity contribution in [2.24, 2.45) is 0 Å². The number of rotatable bonds is 0. The molecule has 0 saturated carbocycles. The highest BCUT2D eigenvalue weighted by molar-refractivity contribution is 5.73. The Morgan fingerprint density at radius 1 is 1.55 bits per heavy atom. The molecule has 0 unspecified atom stereocenters. The first-order valence-corrected chi connectivity index (χ1v) is 4.19. The Morgan fingerprint density at radius 3 is 2.91 bits per heavy atom. The summed E-state index contributed by atoms with van der Waals surface area (Å²) >= 11 is 0. The van der Waals surface area contributed by atoms with E-state index in [4.69, 9.17) is 0 Å². The van der Waals surface area contributed by atoms with Crippen LogP contribution in [0.5, 0.6) is 0 Å². The topological polar surface area (TPSA) is 32.3 Å². The van der Waals surface area contributed by atoms with Crippen LogP contribution in [-0.4, -0.2) is 36.5 Å². The predicted octanol–water partition coefficient (Wildman–Crippen LogP) is 0.217. The van der Waals surface area contributed by atoms with Crippen LogP contribution in [0.4, 0.5) is 0 Å². The van der Waals surface area contributed by atoms with Gasteiger partial charge < -0.3 is 10.2 Å². The van der Waals surface area contributed by atoms with Crippen LogP contribution >= 0.6 is 0 Å². The number of amides is 1. The molecule has 0 aromatic carbocycles. The van der Waals surface area contributed by atoms with Gasteiger partial charge in [-0.25, -0.2) is 0 Å². The fourth-order valence-electron chi connectivity index (χ4n) is 1.32. The maximum atomic E-state index is 11.0. The van der Waals surface area contributed by atoms with Crippen molar-refractivity contribution in [2.75, 3.05) is 19.6 Å². The van der Waals surface area contributed by atoms with Crippen LogP contribution in [-0.2, 0) is 4.79 Å². The summed E-state index contributed by atoms with van der Waals surface area (Å²) in [5, 5.41) is 3.34. The van der Waals surface area contributed by atoms with Crippen molar-refractivity contribution in [2.45, 2.75) is 26.3 Å². The van der Waals surface area contributed by atoms with Gasteiger partial charge in [-0.05, 0) is 13.3 Å². The predicted molar refractivity (Wildman–Crippen MR) is 44.3 cm³/mol. The fourth-order valence-corrected chi connectivity index (χ4v) is 1.32. The van der Waals surface area contributed by atoms with Gasteiger partial charge in [-0.3, -0.25) is 4.79 Å². The molecule has 0 aromatic rings. The van der Waals surface area contributed by atoms with Crippen molar-refractivity contribution >= 4 is 5.91 Å². The summed E-state index contributed by atoms with van der Waals surface area (Å²) in [5.74, 6) is 0.195. The van der Waals surface area contributed by atoms with E-state index in [1.54, 1.807) is 6.92 Å². The quantitative estimate of drug-likeness (QED) is 0.544. The van der Waals surface area contributed by atoms with Gasteiger partial charge in [0.05, 0.1) is 0 Å². The van der Waals surface area contributed by atoms with Crippen molar-refractivity contribution in [1.82, 2.24) is 10.2 Å². The Morgan fingerprint density at radius 2 is 2.27 bits per heavy atom. The standard InChI is InChI=1S/C8H16N2O/c1-7-3-5-10(8(2)11)6-4-9-7/h7,9H,3-6H2,1-2H3/t7-/m1/s1. The molecule has 0 bridgehead atoms. The molecule has 1 amide bonds. The van der Waals surface area contributed by atoms with Crippen molar-refractivity contribution in [1.29, 1.82) is 0 Å². The van der Waals surface area contributed by atoms with Crippen molar-refractivity contribution in [3.05, 3.63) is 0 Å². The van der Waals surface area contributed by atoms with E-state index in [2.05, 4.69) is 12.2 Å². The van der Waals surface area contributed by atoms with Gasteiger partial charge >= 0.3 is 0 Å². The first-order valence-electron chi connectivity index (χ1n) is 4.19. The second-order valence-corrected chi connectivity index (χ2v) is 3.15. The van der Waals surface area contributed by atoms with E-state index in [0.717, 1.165) is 26.1 Å². The van der Waals surface area contributed by atoms with E-state index in [-0.39, 0.29) is 5.91 Å². The summed E-state index contributed by atoms with van der Waals surface area (Å²) in [6.45, 7) is 6.49. The van der Waals surface area contributed by atoms with Gasteiger partial charge in [0.1, 0.15) is 0 Å². The molecule has 0 aliphatic carbocycles. The molecule has 0 aromatic heterocycles. The number of nitrogens with one attached hydrogen (secondary N) is 1. The average molecular weight is 156 g/mol. The number of hydrogen-bond acceptors (Lipinski definition) is 2. The van der Waals surface area contributed by atoms with Gasteiger partial charge in [0.2, 0.25) is 5.91 Å². The second-order valence-electron chi connectivity index (χ2n) is 3.15. The Hall–Kier alpha value is -0.570. The van der Waals surface area contributed by atoms with Gasteiger partial charge in [0, 0.05) is 32.6 Å². The summed E-state index contributed by atoms with van der Waals surface area (Å²) in [7, 11) is 0. The number of carbonyl (C=O) groups is 1. The maximum Gasteiger partial charge on any atom is 0.219 e. The Kier molecular flexibility index (Phi) is 2.88. The van der Waals surface area contributed by atoms with E-state index in [0.29, 0.717) is 6.04 Å². The third kappa shape index (κ3) is 2.50. The lowest BCUT2D eigenvalue weighted by Gasteiger charge is -2.16. The molecular formula is C8H16N2O. The summed E-state index contributed by atoms with van der Waals surface area (Å²) in [6, 6.07) is 0.555. The molecule has 64 valence electrons. The minimum atomic E-state index is 0.195. The molecule has 1 fully saturated rings. The summed E-state index contributed by atoms with van der Waals surface area (Å²) in [5.41, 5.74) is 0. The van der Waals surface area contributed by atoms with Crippen LogP contribution in [0.1, 0.15) is 20.3 Å². The third-order valence-electron chi connectivity index (χ3n) is 2.15. The van der Waals surface area contributed by atoms with Crippen molar-refractivity contribution < 1.29 is 4.79 Å². The Bertz CT molecular complexity index is 147. The second kappa shape index (κ2) is 3.72. The van der Waals surface area contributed by atoms with Gasteiger partial charge in [-0.1, -0.05) is 0 Å². The van der Waals surface area contributed by atoms with E-state index in [9.17, 15) is 4.79 Å².